The van der Waals surface area contributed by atoms with E-state index >= 15 is 0 Å². The first-order valence-corrected chi connectivity index (χ1v) is 7.29. The van der Waals surface area contributed by atoms with Crippen LogP contribution in [0.2, 0.25) is 0 Å². The maximum atomic E-state index is 12.4. The molecule has 19 heavy (non-hydrogen) atoms. The zero-order chi connectivity index (χ0) is 13.5. The van der Waals surface area contributed by atoms with Crippen molar-refractivity contribution < 1.29 is 9.53 Å². The van der Waals surface area contributed by atoms with E-state index in [4.69, 9.17) is 4.74 Å². The third-order valence-electron chi connectivity index (χ3n) is 3.58. The number of carbonyl (C=O) groups is 1. The third-order valence-corrected chi connectivity index (χ3v) is 3.58. The van der Waals surface area contributed by atoms with E-state index in [1.807, 2.05) is 31.2 Å². The van der Waals surface area contributed by atoms with Crippen LogP contribution in [0.25, 0.3) is 0 Å². The first-order valence-electron chi connectivity index (χ1n) is 7.29. The van der Waals surface area contributed by atoms with Gasteiger partial charge in [0.2, 0.25) is 0 Å². The van der Waals surface area contributed by atoms with Crippen LogP contribution in [0.15, 0.2) is 24.3 Å². The Balaban J connectivity index is 2.02. The van der Waals surface area contributed by atoms with Gasteiger partial charge < -0.3 is 10.1 Å². The van der Waals surface area contributed by atoms with Gasteiger partial charge in [0.25, 0.3) is 0 Å². The van der Waals surface area contributed by atoms with Crippen molar-refractivity contribution in [3.63, 3.8) is 0 Å². The fourth-order valence-corrected chi connectivity index (χ4v) is 2.59. The molecule has 1 aromatic rings. The summed E-state index contributed by atoms with van der Waals surface area (Å²) in [5, 5.41) is 3.47. The van der Waals surface area contributed by atoms with Gasteiger partial charge in [-0.25, -0.2) is 0 Å². The quantitative estimate of drug-likeness (QED) is 0.827. The predicted molar refractivity (Wildman–Crippen MR) is 76.8 cm³/mol. The number of benzene rings is 1. The van der Waals surface area contributed by atoms with Crippen molar-refractivity contribution >= 4 is 5.78 Å². The topological polar surface area (TPSA) is 38.3 Å². The molecule has 1 aromatic carbocycles. The highest BCUT2D eigenvalue weighted by Gasteiger charge is 2.18. The van der Waals surface area contributed by atoms with Gasteiger partial charge in [0.1, 0.15) is 5.75 Å². The lowest BCUT2D eigenvalue weighted by atomic mass is 10.00. The van der Waals surface area contributed by atoms with E-state index in [-0.39, 0.29) is 5.78 Å². The fourth-order valence-electron chi connectivity index (χ4n) is 2.59. The van der Waals surface area contributed by atoms with Gasteiger partial charge in [0.05, 0.1) is 12.2 Å². The van der Waals surface area contributed by atoms with Crippen molar-refractivity contribution in [1.82, 2.24) is 5.32 Å². The molecule has 3 heteroatoms. The van der Waals surface area contributed by atoms with Crippen LogP contribution in [-0.2, 0) is 0 Å². The first-order chi connectivity index (χ1) is 9.31. The molecule has 0 radical (unpaired) electrons. The van der Waals surface area contributed by atoms with Gasteiger partial charge in [-0.05, 0) is 38.4 Å². The van der Waals surface area contributed by atoms with Crippen LogP contribution in [0.4, 0.5) is 0 Å². The average molecular weight is 261 g/mol. The second-order valence-electron chi connectivity index (χ2n) is 5.06. The molecule has 0 aromatic heterocycles. The summed E-state index contributed by atoms with van der Waals surface area (Å²) in [5.74, 6) is 0.895. The SMILES string of the molecule is CCOc1ccccc1C(=O)CC1CCCCCN1. The number of nitrogens with one attached hydrogen (secondary N) is 1. The van der Waals surface area contributed by atoms with Gasteiger partial charge in [0.15, 0.2) is 5.78 Å². The summed E-state index contributed by atoms with van der Waals surface area (Å²) in [6.45, 7) is 3.56. The zero-order valence-electron chi connectivity index (χ0n) is 11.7. The fraction of sp³-hybridized carbons (Fsp3) is 0.562. The third kappa shape index (κ3) is 4.06. The van der Waals surface area contributed by atoms with Crippen molar-refractivity contribution in [2.45, 2.75) is 45.1 Å². The lowest BCUT2D eigenvalue weighted by Crippen LogP contribution is -2.30. The molecule has 0 spiro atoms. The number of ketones is 1. The second kappa shape index (κ2) is 7.29. The molecular weight excluding hydrogens is 238 g/mol. The summed E-state index contributed by atoms with van der Waals surface area (Å²) in [7, 11) is 0. The predicted octanol–water partition coefficient (Wildman–Crippen LogP) is 3.19. The Bertz CT molecular complexity index is 409. The number of ether oxygens (including phenoxy) is 1. The maximum absolute atomic E-state index is 12.4. The van der Waals surface area contributed by atoms with E-state index in [1.165, 1.54) is 19.3 Å². The van der Waals surface area contributed by atoms with E-state index in [9.17, 15) is 4.79 Å². The molecule has 3 nitrogen and oxygen atoms in total. The summed E-state index contributed by atoms with van der Waals surface area (Å²) >= 11 is 0. The first kappa shape index (κ1) is 14.1. The lowest BCUT2D eigenvalue weighted by molar-refractivity contribution is 0.0964. The molecule has 1 unspecified atom stereocenters. The maximum Gasteiger partial charge on any atom is 0.168 e. The molecule has 1 N–H and O–H groups in total. The molecule has 1 saturated heterocycles. The van der Waals surface area contributed by atoms with Crippen molar-refractivity contribution in [1.29, 1.82) is 0 Å². The Morgan fingerprint density at radius 2 is 2.16 bits per heavy atom. The number of hydrogen-bond acceptors (Lipinski definition) is 3. The standard InChI is InChI=1S/C16H23NO2/c1-2-19-16-10-6-5-9-14(16)15(18)12-13-8-4-3-7-11-17-13/h5-6,9-10,13,17H,2-4,7-8,11-12H2,1H3. The molecule has 1 atom stereocenters. The smallest absolute Gasteiger partial charge is 0.168 e. The van der Waals surface area contributed by atoms with E-state index in [0.717, 1.165) is 18.5 Å². The highest BCUT2D eigenvalue weighted by atomic mass is 16.5. The van der Waals surface area contributed by atoms with Crippen LogP contribution in [0, 0.1) is 0 Å². The normalized spacial score (nSPS) is 19.7. The molecule has 104 valence electrons. The minimum Gasteiger partial charge on any atom is -0.493 e. The van der Waals surface area contributed by atoms with Crippen molar-refractivity contribution in [3.05, 3.63) is 29.8 Å². The molecule has 0 amide bonds. The van der Waals surface area contributed by atoms with Gasteiger partial charge in [-0.1, -0.05) is 25.0 Å². The summed E-state index contributed by atoms with van der Waals surface area (Å²) in [4.78, 5) is 12.4. The van der Waals surface area contributed by atoms with Crippen LogP contribution < -0.4 is 10.1 Å². The van der Waals surface area contributed by atoms with E-state index < -0.39 is 0 Å². The van der Waals surface area contributed by atoms with Crippen LogP contribution in [0.3, 0.4) is 0 Å². The van der Waals surface area contributed by atoms with Crippen molar-refractivity contribution in [2.24, 2.45) is 0 Å². The van der Waals surface area contributed by atoms with Gasteiger partial charge in [-0.3, -0.25) is 4.79 Å². The number of hydrogen-bond donors (Lipinski definition) is 1. The van der Waals surface area contributed by atoms with Crippen LogP contribution in [0.5, 0.6) is 5.75 Å². The van der Waals surface area contributed by atoms with Crippen molar-refractivity contribution in [3.8, 4) is 5.75 Å². The van der Waals surface area contributed by atoms with Crippen molar-refractivity contribution in [2.75, 3.05) is 13.2 Å². The highest BCUT2D eigenvalue weighted by molar-refractivity contribution is 5.99. The minimum absolute atomic E-state index is 0.184. The van der Waals surface area contributed by atoms with E-state index in [0.29, 0.717) is 24.8 Å². The van der Waals surface area contributed by atoms with Gasteiger partial charge in [-0.15, -0.1) is 0 Å². The molecule has 2 rings (SSSR count). The van der Waals surface area contributed by atoms with Crippen LogP contribution in [0.1, 0.15) is 49.4 Å². The van der Waals surface area contributed by atoms with Gasteiger partial charge in [0, 0.05) is 12.5 Å². The number of para-hydroxylation sites is 1. The molecular formula is C16H23NO2. The van der Waals surface area contributed by atoms with Crippen LogP contribution >= 0.6 is 0 Å². The second-order valence-corrected chi connectivity index (χ2v) is 5.06. The monoisotopic (exact) mass is 261 g/mol. The Morgan fingerprint density at radius 1 is 1.32 bits per heavy atom. The highest BCUT2D eigenvalue weighted by Crippen LogP contribution is 2.21. The minimum atomic E-state index is 0.184. The Morgan fingerprint density at radius 3 is 3.00 bits per heavy atom. The number of Topliss-reactive ketones (excluding diaryl/α,β-unsaturated/α-hetero) is 1. The zero-order valence-corrected chi connectivity index (χ0v) is 11.7. The average Bonchev–Trinajstić information content (AvgIpc) is 2.68. The van der Waals surface area contributed by atoms with Gasteiger partial charge in [-0.2, -0.15) is 0 Å². The molecule has 1 fully saturated rings. The Labute approximate surface area is 115 Å². The summed E-state index contributed by atoms with van der Waals surface area (Å²) in [6.07, 6.45) is 5.39. The van der Waals surface area contributed by atoms with E-state index in [2.05, 4.69) is 5.32 Å². The summed E-state index contributed by atoms with van der Waals surface area (Å²) in [5.41, 5.74) is 0.718. The molecule has 0 bridgehead atoms. The molecule has 1 aliphatic rings. The Hall–Kier alpha value is -1.35. The molecule has 1 heterocycles. The number of rotatable bonds is 5. The summed E-state index contributed by atoms with van der Waals surface area (Å²) < 4.78 is 5.53. The van der Waals surface area contributed by atoms with E-state index in [1.54, 1.807) is 0 Å². The molecule has 1 aliphatic heterocycles. The van der Waals surface area contributed by atoms with Crippen LogP contribution in [-0.4, -0.2) is 25.0 Å². The largest absolute Gasteiger partial charge is 0.493 e. The molecule has 0 aliphatic carbocycles. The summed E-state index contributed by atoms with van der Waals surface area (Å²) in [6, 6.07) is 7.87. The molecule has 0 saturated carbocycles. The van der Waals surface area contributed by atoms with Gasteiger partial charge >= 0.3 is 0 Å². The Kier molecular flexibility index (Phi) is 5.40. The number of carbonyl (C=O) groups excluding carboxylic acids is 1. The lowest BCUT2D eigenvalue weighted by Gasteiger charge is -2.16.